The minimum atomic E-state index is -1.00. The summed E-state index contributed by atoms with van der Waals surface area (Å²) in [6, 6.07) is 11.3. The molecule has 160 valence electrons. The molecule has 30 heavy (non-hydrogen) atoms. The lowest BCUT2D eigenvalue weighted by molar-refractivity contribution is -0.124. The maximum atomic E-state index is 13.8. The quantitative estimate of drug-likeness (QED) is 0.547. The number of rotatable bonds is 9. The van der Waals surface area contributed by atoms with E-state index in [2.05, 4.69) is 16.0 Å². The summed E-state index contributed by atoms with van der Waals surface area (Å²) in [4.78, 5) is 36.6. The number of carbonyl (C=O) groups is 3. The highest BCUT2D eigenvalue weighted by molar-refractivity contribution is 5.98. The summed E-state index contributed by atoms with van der Waals surface area (Å²) in [5, 5.41) is 7.69. The first kappa shape index (κ1) is 23.0. The second kappa shape index (κ2) is 11.0. The van der Waals surface area contributed by atoms with Gasteiger partial charge in [0, 0.05) is 13.1 Å². The molecule has 0 heterocycles. The first-order valence-corrected chi connectivity index (χ1v) is 9.62. The van der Waals surface area contributed by atoms with E-state index in [9.17, 15) is 23.2 Å². The molecule has 0 bridgehead atoms. The minimum absolute atomic E-state index is 0.145. The van der Waals surface area contributed by atoms with Crippen LogP contribution in [0.5, 0.6) is 0 Å². The topological polar surface area (TPSA) is 87.3 Å². The predicted octanol–water partition coefficient (Wildman–Crippen LogP) is 2.19. The van der Waals surface area contributed by atoms with Crippen LogP contribution in [-0.4, -0.2) is 36.9 Å². The molecule has 2 aromatic rings. The zero-order valence-corrected chi connectivity index (χ0v) is 16.9. The molecule has 0 aromatic heterocycles. The molecule has 3 amide bonds. The Kier molecular flexibility index (Phi) is 8.46. The fourth-order valence-corrected chi connectivity index (χ4v) is 2.80. The molecule has 2 aromatic carbocycles. The van der Waals surface area contributed by atoms with Crippen molar-refractivity contribution in [3.8, 4) is 0 Å². The zero-order valence-electron chi connectivity index (χ0n) is 16.9. The lowest BCUT2D eigenvalue weighted by Crippen LogP contribution is -2.51. The second-order valence-electron chi connectivity index (χ2n) is 7.10. The van der Waals surface area contributed by atoms with E-state index in [1.807, 2.05) is 30.3 Å². The fourth-order valence-electron chi connectivity index (χ4n) is 2.80. The highest BCUT2D eigenvalue weighted by Crippen LogP contribution is 2.13. The molecular weight excluding hydrogens is 392 g/mol. The fraction of sp³-hybridized carbons (Fsp3) is 0.318. The molecule has 8 heteroatoms. The monoisotopic (exact) mass is 417 g/mol. The lowest BCUT2D eigenvalue weighted by atomic mass is 10.0. The molecular formula is C22H25F2N3O3. The average Bonchev–Trinajstić information content (AvgIpc) is 2.69. The van der Waals surface area contributed by atoms with E-state index < -0.39 is 35.1 Å². The van der Waals surface area contributed by atoms with E-state index in [4.69, 9.17) is 0 Å². The second-order valence-corrected chi connectivity index (χ2v) is 7.10. The molecule has 0 spiro atoms. The van der Waals surface area contributed by atoms with Gasteiger partial charge in [-0.1, -0.05) is 50.2 Å². The number of amides is 3. The van der Waals surface area contributed by atoms with E-state index >= 15 is 0 Å². The van der Waals surface area contributed by atoms with Crippen LogP contribution in [0.4, 0.5) is 8.78 Å². The number of hydrogen-bond acceptors (Lipinski definition) is 3. The van der Waals surface area contributed by atoms with Crippen LogP contribution in [0, 0.1) is 17.6 Å². The third kappa shape index (κ3) is 6.65. The summed E-state index contributed by atoms with van der Waals surface area (Å²) < 4.78 is 27.6. The molecule has 2 rings (SSSR count). The van der Waals surface area contributed by atoms with E-state index in [1.54, 1.807) is 13.8 Å². The Labute approximate surface area is 174 Å². The van der Waals surface area contributed by atoms with Gasteiger partial charge in [0.05, 0.1) is 6.42 Å². The lowest BCUT2D eigenvalue weighted by Gasteiger charge is -2.22. The van der Waals surface area contributed by atoms with Crippen LogP contribution in [0.2, 0.25) is 0 Å². The highest BCUT2D eigenvalue weighted by Gasteiger charge is 2.27. The molecule has 0 aliphatic rings. The van der Waals surface area contributed by atoms with E-state index in [0.717, 1.165) is 23.8 Å². The van der Waals surface area contributed by atoms with Crippen molar-refractivity contribution < 1.29 is 23.2 Å². The van der Waals surface area contributed by atoms with Crippen LogP contribution >= 0.6 is 0 Å². The van der Waals surface area contributed by atoms with Crippen LogP contribution in [0.1, 0.15) is 29.8 Å². The smallest absolute Gasteiger partial charge is 0.257 e. The van der Waals surface area contributed by atoms with Crippen molar-refractivity contribution in [1.29, 1.82) is 0 Å². The van der Waals surface area contributed by atoms with E-state index in [-0.39, 0.29) is 31.3 Å². The number of hydrogen-bond donors (Lipinski definition) is 3. The van der Waals surface area contributed by atoms with Crippen molar-refractivity contribution in [3.05, 3.63) is 71.3 Å². The molecule has 3 N–H and O–H groups in total. The summed E-state index contributed by atoms with van der Waals surface area (Å²) in [6.45, 7) is 3.75. The number of halogens is 2. The van der Waals surface area contributed by atoms with Crippen molar-refractivity contribution in [2.24, 2.45) is 5.92 Å². The van der Waals surface area contributed by atoms with Crippen molar-refractivity contribution in [3.63, 3.8) is 0 Å². The Balaban J connectivity index is 1.84. The molecule has 0 fully saturated rings. The van der Waals surface area contributed by atoms with Gasteiger partial charge in [0.15, 0.2) is 0 Å². The number of nitrogens with one attached hydrogen (secondary N) is 3. The molecule has 0 saturated carbocycles. The van der Waals surface area contributed by atoms with Crippen LogP contribution in [0.25, 0.3) is 0 Å². The number of benzene rings is 2. The van der Waals surface area contributed by atoms with Gasteiger partial charge in [-0.2, -0.15) is 0 Å². The highest BCUT2D eigenvalue weighted by atomic mass is 19.1. The Bertz CT molecular complexity index is 868. The molecule has 6 nitrogen and oxygen atoms in total. The van der Waals surface area contributed by atoms with Crippen molar-refractivity contribution in [2.75, 3.05) is 13.1 Å². The largest absolute Gasteiger partial charge is 0.354 e. The SMILES string of the molecule is CC(C)[C@H](NC(=O)c1c(F)cccc1F)C(=O)NCCNC(=O)Cc1ccccc1. The average molecular weight is 417 g/mol. The minimum Gasteiger partial charge on any atom is -0.354 e. The van der Waals surface area contributed by atoms with Gasteiger partial charge in [0.25, 0.3) is 5.91 Å². The van der Waals surface area contributed by atoms with Crippen LogP contribution in [0.15, 0.2) is 48.5 Å². The van der Waals surface area contributed by atoms with Gasteiger partial charge in [0.2, 0.25) is 11.8 Å². The summed E-state index contributed by atoms with van der Waals surface area (Å²) >= 11 is 0. The van der Waals surface area contributed by atoms with Gasteiger partial charge < -0.3 is 16.0 Å². The van der Waals surface area contributed by atoms with Gasteiger partial charge in [-0.3, -0.25) is 14.4 Å². The standard InChI is InChI=1S/C22H25F2N3O3/c1-14(2)20(27-21(29)19-16(23)9-6-10-17(19)24)22(30)26-12-11-25-18(28)13-15-7-4-3-5-8-15/h3-10,14,20H,11-13H2,1-2H3,(H,25,28)(H,26,30)(H,27,29)/t20-/m0/s1. The molecule has 0 unspecified atom stereocenters. The van der Waals surface area contributed by atoms with E-state index in [0.29, 0.717) is 0 Å². The molecule has 0 aliphatic heterocycles. The van der Waals surface area contributed by atoms with Crippen LogP contribution in [-0.2, 0) is 16.0 Å². The van der Waals surface area contributed by atoms with Gasteiger partial charge in [-0.05, 0) is 23.6 Å². The van der Waals surface area contributed by atoms with Gasteiger partial charge in [-0.25, -0.2) is 8.78 Å². The van der Waals surface area contributed by atoms with Gasteiger partial charge in [0.1, 0.15) is 23.2 Å². The summed E-state index contributed by atoms with van der Waals surface area (Å²) in [6.07, 6.45) is 0.230. The number of carbonyl (C=O) groups excluding carboxylic acids is 3. The van der Waals surface area contributed by atoms with Crippen molar-refractivity contribution >= 4 is 17.7 Å². The Hall–Kier alpha value is -3.29. The van der Waals surface area contributed by atoms with Gasteiger partial charge in [-0.15, -0.1) is 0 Å². The maximum absolute atomic E-state index is 13.8. The molecule has 0 radical (unpaired) electrons. The first-order chi connectivity index (χ1) is 14.3. The Morgan fingerprint density at radius 1 is 0.867 bits per heavy atom. The molecule has 0 saturated heterocycles. The summed E-state index contributed by atoms with van der Waals surface area (Å²) in [5.74, 6) is -4.02. The third-order valence-electron chi connectivity index (χ3n) is 4.38. The maximum Gasteiger partial charge on any atom is 0.257 e. The third-order valence-corrected chi connectivity index (χ3v) is 4.38. The normalized spacial score (nSPS) is 11.6. The van der Waals surface area contributed by atoms with Crippen molar-refractivity contribution in [2.45, 2.75) is 26.3 Å². The zero-order chi connectivity index (χ0) is 22.1. The Morgan fingerprint density at radius 3 is 2.07 bits per heavy atom. The van der Waals surface area contributed by atoms with Crippen LogP contribution < -0.4 is 16.0 Å². The van der Waals surface area contributed by atoms with E-state index in [1.165, 1.54) is 0 Å². The molecule has 0 aliphatic carbocycles. The van der Waals surface area contributed by atoms with Crippen molar-refractivity contribution in [1.82, 2.24) is 16.0 Å². The summed E-state index contributed by atoms with van der Waals surface area (Å²) in [5.41, 5.74) is 0.145. The van der Waals surface area contributed by atoms with Gasteiger partial charge >= 0.3 is 0 Å². The summed E-state index contributed by atoms with van der Waals surface area (Å²) in [7, 11) is 0. The Morgan fingerprint density at radius 2 is 1.47 bits per heavy atom. The molecule has 1 atom stereocenters. The van der Waals surface area contributed by atoms with Crippen LogP contribution in [0.3, 0.4) is 0 Å². The first-order valence-electron chi connectivity index (χ1n) is 9.62. The predicted molar refractivity (Wildman–Crippen MR) is 109 cm³/mol.